The molecule has 110 valence electrons. The fourth-order valence-corrected chi connectivity index (χ4v) is 2.19. The lowest BCUT2D eigenvalue weighted by Crippen LogP contribution is -2.30. The SMILES string of the molecule is O=C1CCN(c2ccc(CO)cc2C(F)(F)F)CCN1. The van der Waals surface area contributed by atoms with Crippen LogP contribution in [0.3, 0.4) is 0 Å². The van der Waals surface area contributed by atoms with Crippen molar-refractivity contribution in [2.75, 3.05) is 24.5 Å². The summed E-state index contributed by atoms with van der Waals surface area (Å²) in [6, 6.07) is 3.77. The summed E-state index contributed by atoms with van der Waals surface area (Å²) < 4.78 is 39.3. The molecule has 0 bridgehead atoms. The molecule has 0 saturated carbocycles. The van der Waals surface area contributed by atoms with Crippen LogP contribution < -0.4 is 10.2 Å². The van der Waals surface area contributed by atoms with Crippen LogP contribution in [0.5, 0.6) is 0 Å². The topological polar surface area (TPSA) is 52.6 Å². The minimum atomic E-state index is -4.50. The number of rotatable bonds is 2. The van der Waals surface area contributed by atoms with Gasteiger partial charge in [-0.3, -0.25) is 4.79 Å². The summed E-state index contributed by atoms with van der Waals surface area (Å²) in [6.45, 7) is 0.446. The van der Waals surface area contributed by atoms with Crippen LogP contribution in [0, 0.1) is 0 Å². The van der Waals surface area contributed by atoms with E-state index >= 15 is 0 Å². The summed E-state index contributed by atoms with van der Waals surface area (Å²) in [7, 11) is 0. The molecule has 0 aliphatic carbocycles. The Morgan fingerprint density at radius 3 is 2.70 bits per heavy atom. The Bertz CT molecular complexity index is 503. The minimum absolute atomic E-state index is 0.0474. The zero-order valence-corrected chi connectivity index (χ0v) is 10.7. The van der Waals surface area contributed by atoms with Crippen LogP contribution in [-0.2, 0) is 17.6 Å². The molecule has 0 atom stereocenters. The van der Waals surface area contributed by atoms with Crippen molar-refractivity contribution in [1.82, 2.24) is 5.32 Å². The van der Waals surface area contributed by atoms with Crippen molar-refractivity contribution < 1.29 is 23.1 Å². The highest BCUT2D eigenvalue weighted by Crippen LogP contribution is 2.37. The molecule has 1 saturated heterocycles. The fraction of sp³-hybridized carbons (Fsp3) is 0.462. The molecule has 1 aromatic rings. The van der Waals surface area contributed by atoms with E-state index in [0.717, 1.165) is 6.07 Å². The number of nitrogens with zero attached hydrogens (tertiary/aromatic N) is 1. The Kier molecular flexibility index (Phi) is 4.17. The van der Waals surface area contributed by atoms with Crippen molar-refractivity contribution in [3.63, 3.8) is 0 Å². The predicted octanol–water partition coefficient (Wildman–Crippen LogP) is 1.52. The molecule has 1 aliphatic rings. The number of amides is 1. The second-order valence-corrected chi connectivity index (χ2v) is 4.59. The van der Waals surface area contributed by atoms with E-state index in [1.165, 1.54) is 12.1 Å². The molecule has 0 radical (unpaired) electrons. The summed E-state index contributed by atoms with van der Waals surface area (Å²) >= 11 is 0. The Balaban J connectivity index is 2.37. The second-order valence-electron chi connectivity index (χ2n) is 4.59. The van der Waals surface area contributed by atoms with Gasteiger partial charge in [-0.15, -0.1) is 0 Å². The largest absolute Gasteiger partial charge is 0.418 e. The van der Waals surface area contributed by atoms with Gasteiger partial charge in [-0.25, -0.2) is 0 Å². The maximum Gasteiger partial charge on any atom is 0.418 e. The lowest BCUT2D eigenvalue weighted by Gasteiger charge is -2.26. The Morgan fingerprint density at radius 1 is 1.30 bits per heavy atom. The average molecular weight is 288 g/mol. The van der Waals surface area contributed by atoms with Crippen LogP contribution in [0.2, 0.25) is 0 Å². The van der Waals surface area contributed by atoms with Gasteiger partial charge < -0.3 is 15.3 Å². The van der Waals surface area contributed by atoms with E-state index < -0.39 is 18.3 Å². The van der Waals surface area contributed by atoms with Crippen molar-refractivity contribution in [3.05, 3.63) is 29.3 Å². The molecule has 2 rings (SSSR count). The first-order valence-corrected chi connectivity index (χ1v) is 6.24. The molecule has 0 aromatic heterocycles. The molecule has 2 N–H and O–H groups in total. The molecule has 0 unspecified atom stereocenters. The summed E-state index contributed by atoms with van der Waals surface area (Å²) in [6.07, 6.45) is -4.33. The highest BCUT2D eigenvalue weighted by atomic mass is 19.4. The van der Waals surface area contributed by atoms with Crippen LogP contribution in [0.15, 0.2) is 18.2 Å². The van der Waals surface area contributed by atoms with Crippen LogP contribution in [0.1, 0.15) is 17.5 Å². The van der Waals surface area contributed by atoms with Gasteiger partial charge in [0.1, 0.15) is 0 Å². The maximum atomic E-state index is 13.1. The summed E-state index contributed by atoms with van der Waals surface area (Å²) in [5.74, 6) is -0.159. The Morgan fingerprint density at radius 2 is 2.05 bits per heavy atom. The first-order valence-electron chi connectivity index (χ1n) is 6.24. The molecule has 0 spiro atoms. The molecule has 1 fully saturated rings. The van der Waals surface area contributed by atoms with Crippen LogP contribution in [0.25, 0.3) is 0 Å². The molecular formula is C13H15F3N2O2. The number of nitrogens with one attached hydrogen (secondary N) is 1. The van der Waals surface area contributed by atoms with Crippen molar-refractivity contribution in [1.29, 1.82) is 0 Å². The predicted molar refractivity (Wildman–Crippen MR) is 67.2 cm³/mol. The number of carbonyl (C=O) groups excluding carboxylic acids is 1. The van der Waals surface area contributed by atoms with Crippen molar-refractivity contribution in [2.45, 2.75) is 19.2 Å². The number of anilines is 1. The van der Waals surface area contributed by atoms with Gasteiger partial charge in [-0.1, -0.05) is 6.07 Å². The van der Waals surface area contributed by atoms with E-state index in [2.05, 4.69) is 5.32 Å². The monoisotopic (exact) mass is 288 g/mol. The van der Waals surface area contributed by atoms with E-state index in [4.69, 9.17) is 5.11 Å². The third kappa shape index (κ3) is 3.22. The standard InChI is InChI=1S/C13H15F3N2O2/c14-13(15,16)10-7-9(8-19)1-2-11(10)18-5-3-12(20)17-4-6-18/h1-2,7,19H,3-6,8H2,(H,17,20). The molecule has 4 nitrogen and oxygen atoms in total. The molecule has 1 heterocycles. The van der Waals surface area contributed by atoms with E-state index in [1.54, 1.807) is 4.90 Å². The first-order chi connectivity index (χ1) is 9.41. The number of alkyl halides is 3. The lowest BCUT2D eigenvalue weighted by atomic mass is 10.1. The third-order valence-corrected chi connectivity index (χ3v) is 3.20. The van der Waals surface area contributed by atoms with E-state index in [-0.39, 0.29) is 30.1 Å². The average Bonchev–Trinajstić information content (AvgIpc) is 2.62. The number of carbonyl (C=O) groups is 1. The molecule has 7 heteroatoms. The number of halogens is 3. The van der Waals surface area contributed by atoms with Crippen molar-refractivity contribution in [3.8, 4) is 0 Å². The summed E-state index contributed by atoms with van der Waals surface area (Å²) in [4.78, 5) is 12.8. The summed E-state index contributed by atoms with van der Waals surface area (Å²) in [5.41, 5.74) is -0.519. The van der Waals surface area contributed by atoms with Gasteiger partial charge in [0.25, 0.3) is 0 Å². The molecule has 20 heavy (non-hydrogen) atoms. The number of hydrogen-bond acceptors (Lipinski definition) is 3. The zero-order chi connectivity index (χ0) is 14.8. The van der Waals surface area contributed by atoms with E-state index in [9.17, 15) is 18.0 Å². The fourth-order valence-electron chi connectivity index (χ4n) is 2.19. The highest BCUT2D eigenvalue weighted by Gasteiger charge is 2.35. The lowest BCUT2D eigenvalue weighted by molar-refractivity contribution is -0.137. The summed E-state index contributed by atoms with van der Waals surface area (Å²) in [5, 5.41) is 11.6. The van der Waals surface area contributed by atoms with Crippen LogP contribution in [0.4, 0.5) is 18.9 Å². The van der Waals surface area contributed by atoms with Crippen molar-refractivity contribution in [2.24, 2.45) is 0 Å². The normalized spacial score (nSPS) is 16.8. The van der Waals surface area contributed by atoms with Crippen LogP contribution in [-0.4, -0.2) is 30.6 Å². The highest BCUT2D eigenvalue weighted by molar-refractivity contribution is 5.77. The maximum absolute atomic E-state index is 13.1. The van der Waals surface area contributed by atoms with Gasteiger partial charge >= 0.3 is 6.18 Å². The zero-order valence-electron chi connectivity index (χ0n) is 10.7. The van der Waals surface area contributed by atoms with Gasteiger partial charge in [-0.2, -0.15) is 13.2 Å². The van der Waals surface area contributed by atoms with Crippen molar-refractivity contribution >= 4 is 11.6 Å². The Labute approximate surface area is 114 Å². The molecular weight excluding hydrogens is 273 g/mol. The van der Waals surface area contributed by atoms with E-state index in [0.29, 0.717) is 13.1 Å². The number of aliphatic hydroxyl groups is 1. The smallest absolute Gasteiger partial charge is 0.392 e. The number of benzene rings is 1. The number of hydrogen-bond donors (Lipinski definition) is 2. The number of aliphatic hydroxyl groups excluding tert-OH is 1. The van der Waals surface area contributed by atoms with Gasteiger partial charge in [0, 0.05) is 31.7 Å². The molecule has 1 aromatic carbocycles. The quantitative estimate of drug-likeness (QED) is 0.867. The second kappa shape index (κ2) is 5.70. The van der Waals surface area contributed by atoms with Gasteiger partial charge in [0.2, 0.25) is 5.91 Å². The molecule has 1 amide bonds. The van der Waals surface area contributed by atoms with Gasteiger partial charge in [-0.05, 0) is 17.7 Å². The third-order valence-electron chi connectivity index (χ3n) is 3.20. The van der Waals surface area contributed by atoms with Gasteiger partial charge in [0.05, 0.1) is 12.2 Å². The Hall–Kier alpha value is -1.76. The first kappa shape index (κ1) is 14.6. The minimum Gasteiger partial charge on any atom is -0.392 e. The van der Waals surface area contributed by atoms with Gasteiger partial charge in [0.15, 0.2) is 0 Å². The van der Waals surface area contributed by atoms with E-state index in [1.807, 2.05) is 0 Å². The molecule has 1 aliphatic heterocycles. The van der Waals surface area contributed by atoms with Crippen LogP contribution >= 0.6 is 0 Å².